The van der Waals surface area contributed by atoms with Crippen molar-refractivity contribution in [1.82, 2.24) is 5.32 Å². The first-order valence-electron chi connectivity index (χ1n) is 11.2. The van der Waals surface area contributed by atoms with Crippen LogP contribution in [0.25, 0.3) is 11.0 Å². The SMILES string of the molecule is CCCCC(NC(=O)OCc1ccccc1)C(=O)Oc1cc(C)cc2oc(=O)cc(CC)c12. The minimum Gasteiger partial charge on any atom is -0.445 e. The minimum absolute atomic E-state index is 0.101. The van der Waals surface area contributed by atoms with Gasteiger partial charge in [-0.25, -0.2) is 14.4 Å². The van der Waals surface area contributed by atoms with Gasteiger partial charge in [0, 0.05) is 6.07 Å². The largest absolute Gasteiger partial charge is 0.445 e. The molecule has 1 aromatic heterocycles. The lowest BCUT2D eigenvalue weighted by atomic mass is 10.0. The second kappa shape index (κ2) is 11.3. The van der Waals surface area contributed by atoms with E-state index in [4.69, 9.17) is 13.9 Å². The molecule has 7 heteroatoms. The Bertz CT molecular complexity index is 1170. The smallest absolute Gasteiger partial charge is 0.408 e. The van der Waals surface area contributed by atoms with E-state index in [1.54, 1.807) is 12.1 Å². The van der Waals surface area contributed by atoms with E-state index in [2.05, 4.69) is 5.32 Å². The molecule has 0 radical (unpaired) electrons. The van der Waals surface area contributed by atoms with Gasteiger partial charge in [0.1, 0.15) is 24.0 Å². The first-order chi connectivity index (χ1) is 15.9. The normalized spacial score (nSPS) is 11.7. The van der Waals surface area contributed by atoms with Crippen LogP contribution in [0.4, 0.5) is 4.79 Å². The molecule has 0 saturated carbocycles. The number of carbonyl (C=O) groups is 2. The molecule has 0 bridgehead atoms. The van der Waals surface area contributed by atoms with Crippen molar-refractivity contribution in [3.63, 3.8) is 0 Å². The average Bonchev–Trinajstić information content (AvgIpc) is 2.79. The fourth-order valence-electron chi connectivity index (χ4n) is 3.57. The predicted octanol–water partition coefficient (Wildman–Crippen LogP) is 5.05. The number of alkyl carbamates (subject to hydrolysis) is 1. The zero-order chi connectivity index (χ0) is 23.8. The van der Waals surface area contributed by atoms with Gasteiger partial charge in [-0.05, 0) is 48.6 Å². The van der Waals surface area contributed by atoms with E-state index in [1.807, 2.05) is 51.1 Å². The van der Waals surface area contributed by atoms with Gasteiger partial charge in [-0.15, -0.1) is 0 Å². The summed E-state index contributed by atoms with van der Waals surface area (Å²) in [6.07, 6.45) is 1.87. The van der Waals surface area contributed by atoms with E-state index < -0.39 is 23.7 Å². The highest BCUT2D eigenvalue weighted by Gasteiger charge is 2.25. The van der Waals surface area contributed by atoms with Crippen LogP contribution >= 0.6 is 0 Å². The van der Waals surface area contributed by atoms with Gasteiger partial charge in [0.2, 0.25) is 0 Å². The lowest BCUT2D eigenvalue weighted by Gasteiger charge is -2.18. The Hall–Kier alpha value is -3.61. The number of fused-ring (bicyclic) bond motifs is 1. The number of ether oxygens (including phenoxy) is 2. The van der Waals surface area contributed by atoms with Crippen LogP contribution in [0, 0.1) is 6.92 Å². The lowest BCUT2D eigenvalue weighted by molar-refractivity contribution is -0.136. The fourth-order valence-corrected chi connectivity index (χ4v) is 3.57. The Kier molecular flexibility index (Phi) is 8.24. The van der Waals surface area contributed by atoms with E-state index in [0.717, 1.165) is 29.5 Å². The maximum absolute atomic E-state index is 13.1. The number of hydrogen-bond acceptors (Lipinski definition) is 6. The number of nitrogens with one attached hydrogen (secondary N) is 1. The zero-order valence-electron chi connectivity index (χ0n) is 19.2. The summed E-state index contributed by atoms with van der Waals surface area (Å²) in [4.78, 5) is 37.3. The van der Waals surface area contributed by atoms with Gasteiger partial charge in [0.05, 0.1) is 5.39 Å². The fraction of sp³-hybridized carbons (Fsp3) is 0.346. The molecule has 33 heavy (non-hydrogen) atoms. The van der Waals surface area contributed by atoms with Crippen LogP contribution in [0.15, 0.2) is 57.7 Å². The molecule has 0 aliphatic heterocycles. The van der Waals surface area contributed by atoms with Gasteiger partial charge in [-0.1, -0.05) is 57.0 Å². The van der Waals surface area contributed by atoms with Crippen LogP contribution in [-0.4, -0.2) is 18.1 Å². The monoisotopic (exact) mass is 451 g/mol. The molecule has 3 aromatic rings. The number of rotatable bonds is 9. The summed E-state index contributed by atoms with van der Waals surface area (Å²) in [7, 11) is 0. The van der Waals surface area contributed by atoms with Crippen molar-refractivity contribution in [2.24, 2.45) is 0 Å². The van der Waals surface area contributed by atoms with Crippen LogP contribution in [0.3, 0.4) is 0 Å². The molecule has 2 aromatic carbocycles. The number of hydrogen-bond donors (Lipinski definition) is 1. The summed E-state index contributed by atoms with van der Waals surface area (Å²) >= 11 is 0. The molecular weight excluding hydrogens is 422 g/mol. The molecule has 0 spiro atoms. The topological polar surface area (TPSA) is 94.8 Å². The van der Waals surface area contributed by atoms with E-state index in [9.17, 15) is 14.4 Å². The van der Waals surface area contributed by atoms with Crippen molar-refractivity contribution < 1.29 is 23.5 Å². The standard InChI is InChI=1S/C26H29NO6/c1-4-6-12-20(27-26(30)31-16-18-10-8-7-9-11-18)25(29)33-22-14-17(3)13-21-24(22)19(5-2)15-23(28)32-21/h7-11,13-15,20H,4-6,12,16H2,1-3H3,(H,27,30). The highest BCUT2D eigenvalue weighted by atomic mass is 16.6. The molecular formula is C26H29NO6. The van der Waals surface area contributed by atoms with Crippen molar-refractivity contribution in [2.75, 3.05) is 0 Å². The highest BCUT2D eigenvalue weighted by molar-refractivity contribution is 5.91. The van der Waals surface area contributed by atoms with Gasteiger partial charge in [0.25, 0.3) is 0 Å². The van der Waals surface area contributed by atoms with E-state index in [-0.39, 0.29) is 6.61 Å². The maximum atomic E-state index is 13.1. The molecule has 1 amide bonds. The average molecular weight is 452 g/mol. The third-order valence-corrected chi connectivity index (χ3v) is 5.26. The molecule has 0 saturated heterocycles. The van der Waals surface area contributed by atoms with Crippen LogP contribution in [0.5, 0.6) is 5.75 Å². The number of benzene rings is 2. The van der Waals surface area contributed by atoms with Gasteiger partial charge >= 0.3 is 17.7 Å². The second-order valence-corrected chi connectivity index (χ2v) is 7.90. The molecule has 1 unspecified atom stereocenters. The van der Waals surface area contributed by atoms with Gasteiger partial charge in [-0.3, -0.25) is 0 Å². The van der Waals surface area contributed by atoms with Gasteiger partial charge in [-0.2, -0.15) is 0 Å². The van der Waals surface area contributed by atoms with Crippen LogP contribution in [0.2, 0.25) is 0 Å². The third kappa shape index (κ3) is 6.44. The maximum Gasteiger partial charge on any atom is 0.408 e. The number of carbonyl (C=O) groups excluding carboxylic acids is 2. The van der Waals surface area contributed by atoms with Crippen molar-refractivity contribution in [3.05, 3.63) is 75.6 Å². The summed E-state index contributed by atoms with van der Waals surface area (Å²) < 4.78 is 16.3. The number of aryl methyl sites for hydroxylation is 2. The zero-order valence-corrected chi connectivity index (χ0v) is 19.2. The highest BCUT2D eigenvalue weighted by Crippen LogP contribution is 2.30. The third-order valence-electron chi connectivity index (χ3n) is 5.26. The van der Waals surface area contributed by atoms with Crippen molar-refractivity contribution in [2.45, 2.75) is 59.1 Å². The van der Waals surface area contributed by atoms with Gasteiger partial charge < -0.3 is 19.2 Å². The predicted molar refractivity (Wildman–Crippen MR) is 125 cm³/mol. The van der Waals surface area contributed by atoms with Crippen molar-refractivity contribution >= 4 is 23.0 Å². The molecule has 1 N–H and O–H groups in total. The van der Waals surface area contributed by atoms with Crippen LogP contribution < -0.4 is 15.7 Å². The Morgan fingerprint density at radius 2 is 1.85 bits per heavy atom. The molecule has 3 rings (SSSR count). The molecule has 1 atom stereocenters. The Morgan fingerprint density at radius 3 is 2.55 bits per heavy atom. The number of esters is 1. The van der Waals surface area contributed by atoms with Crippen molar-refractivity contribution in [1.29, 1.82) is 0 Å². The molecule has 0 fully saturated rings. The summed E-state index contributed by atoms with van der Waals surface area (Å²) in [5, 5.41) is 3.21. The first kappa shape index (κ1) is 24.0. The molecule has 0 aliphatic carbocycles. The summed E-state index contributed by atoms with van der Waals surface area (Å²) in [5.74, 6) is -0.295. The lowest BCUT2D eigenvalue weighted by Crippen LogP contribution is -2.43. The van der Waals surface area contributed by atoms with Crippen LogP contribution in [0.1, 0.15) is 49.8 Å². The molecule has 174 valence electrons. The Labute approximate surface area is 192 Å². The quantitative estimate of drug-likeness (QED) is 0.278. The van der Waals surface area contributed by atoms with E-state index >= 15 is 0 Å². The van der Waals surface area contributed by atoms with Gasteiger partial charge in [0.15, 0.2) is 0 Å². The van der Waals surface area contributed by atoms with E-state index in [0.29, 0.717) is 29.6 Å². The molecule has 0 aliphatic rings. The van der Waals surface area contributed by atoms with Crippen molar-refractivity contribution in [3.8, 4) is 5.75 Å². The number of unbranched alkanes of at least 4 members (excludes halogenated alkanes) is 1. The summed E-state index contributed by atoms with van der Waals surface area (Å²) in [6.45, 7) is 5.83. The Morgan fingerprint density at radius 1 is 1.09 bits per heavy atom. The van der Waals surface area contributed by atoms with E-state index in [1.165, 1.54) is 6.07 Å². The number of amides is 1. The Balaban J connectivity index is 1.79. The molecule has 7 nitrogen and oxygen atoms in total. The summed E-state index contributed by atoms with van der Waals surface area (Å²) in [6, 6.07) is 13.3. The van der Waals surface area contributed by atoms with Crippen LogP contribution in [-0.2, 0) is 22.6 Å². The summed E-state index contributed by atoms with van der Waals surface area (Å²) in [5.41, 5.74) is 2.26. The first-order valence-corrected chi connectivity index (χ1v) is 11.2. The minimum atomic E-state index is -0.871. The second-order valence-electron chi connectivity index (χ2n) is 7.90. The molecule has 1 heterocycles.